The third-order valence-corrected chi connectivity index (χ3v) is 3.26. The van der Waals surface area contributed by atoms with Crippen molar-refractivity contribution < 1.29 is 14.7 Å². The van der Waals surface area contributed by atoms with Crippen LogP contribution in [0.25, 0.3) is 0 Å². The maximum absolute atomic E-state index is 12.1. The van der Waals surface area contributed by atoms with E-state index in [1.165, 1.54) is 0 Å². The number of carboxylic acids is 1. The number of carboxylic acid groups (broad SMARTS) is 1. The van der Waals surface area contributed by atoms with Gasteiger partial charge in [-0.15, -0.1) is 0 Å². The molecule has 0 aliphatic rings. The van der Waals surface area contributed by atoms with E-state index in [0.29, 0.717) is 18.5 Å². The molecule has 0 spiro atoms. The maximum atomic E-state index is 12.1. The van der Waals surface area contributed by atoms with Crippen LogP contribution in [0, 0.1) is 13.8 Å². The number of carbonyl (C=O) groups is 2. The van der Waals surface area contributed by atoms with Crippen LogP contribution in [0.5, 0.6) is 0 Å². The van der Waals surface area contributed by atoms with E-state index < -0.39 is 5.97 Å². The second-order valence-electron chi connectivity index (χ2n) is 4.82. The van der Waals surface area contributed by atoms with Crippen LogP contribution in [0.1, 0.15) is 54.4 Å². The molecule has 1 amide bonds. The highest BCUT2D eigenvalue weighted by Crippen LogP contribution is 2.12. The number of aryl methyl sites for hydroxylation is 2. The first kappa shape index (κ1) is 16.2. The zero-order chi connectivity index (χ0) is 15.1. The molecule has 6 heteroatoms. The zero-order valence-corrected chi connectivity index (χ0v) is 12.4. The summed E-state index contributed by atoms with van der Waals surface area (Å²) in [6, 6.07) is 0. The Labute approximate surface area is 119 Å². The van der Waals surface area contributed by atoms with Crippen molar-refractivity contribution in [3.8, 4) is 0 Å². The lowest BCUT2D eigenvalue weighted by atomic mass is 10.1. The SMILES string of the molecule is CCn1nc(C)c(C(=O)NCCCCCC(=O)O)c1C. The molecule has 6 nitrogen and oxygen atoms in total. The van der Waals surface area contributed by atoms with Gasteiger partial charge in [-0.2, -0.15) is 5.10 Å². The van der Waals surface area contributed by atoms with Gasteiger partial charge >= 0.3 is 5.97 Å². The third-order valence-electron chi connectivity index (χ3n) is 3.26. The third kappa shape index (κ3) is 4.36. The predicted octanol–water partition coefficient (Wildman–Crippen LogP) is 1.89. The fourth-order valence-corrected chi connectivity index (χ4v) is 2.20. The Balaban J connectivity index is 2.40. The molecule has 112 valence electrons. The molecule has 1 heterocycles. The van der Waals surface area contributed by atoms with Gasteiger partial charge in [0.2, 0.25) is 0 Å². The summed E-state index contributed by atoms with van der Waals surface area (Å²) < 4.78 is 1.82. The van der Waals surface area contributed by atoms with E-state index in [1.807, 2.05) is 25.5 Å². The lowest BCUT2D eigenvalue weighted by Gasteiger charge is -2.05. The topological polar surface area (TPSA) is 84.2 Å². The van der Waals surface area contributed by atoms with Crippen molar-refractivity contribution >= 4 is 11.9 Å². The zero-order valence-electron chi connectivity index (χ0n) is 12.4. The average molecular weight is 281 g/mol. The van der Waals surface area contributed by atoms with Crippen molar-refractivity contribution in [1.29, 1.82) is 0 Å². The van der Waals surface area contributed by atoms with E-state index in [2.05, 4.69) is 10.4 Å². The number of hydrogen-bond acceptors (Lipinski definition) is 3. The summed E-state index contributed by atoms with van der Waals surface area (Å²) in [7, 11) is 0. The summed E-state index contributed by atoms with van der Waals surface area (Å²) in [5, 5.41) is 15.7. The summed E-state index contributed by atoms with van der Waals surface area (Å²) in [6.07, 6.45) is 2.43. The largest absolute Gasteiger partial charge is 0.481 e. The van der Waals surface area contributed by atoms with Crippen LogP contribution in [0.3, 0.4) is 0 Å². The highest BCUT2D eigenvalue weighted by atomic mass is 16.4. The Morgan fingerprint density at radius 3 is 2.50 bits per heavy atom. The van der Waals surface area contributed by atoms with Crippen molar-refractivity contribution in [2.75, 3.05) is 6.54 Å². The average Bonchev–Trinajstić information content (AvgIpc) is 2.67. The number of hydrogen-bond donors (Lipinski definition) is 2. The Morgan fingerprint density at radius 2 is 1.95 bits per heavy atom. The Morgan fingerprint density at radius 1 is 1.25 bits per heavy atom. The Hall–Kier alpha value is -1.85. The van der Waals surface area contributed by atoms with Crippen molar-refractivity contribution in [2.24, 2.45) is 0 Å². The van der Waals surface area contributed by atoms with Gasteiger partial charge in [-0.05, 0) is 33.6 Å². The number of amides is 1. The van der Waals surface area contributed by atoms with Crippen molar-refractivity contribution in [3.63, 3.8) is 0 Å². The molecule has 0 aromatic carbocycles. The van der Waals surface area contributed by atoms with Crippen LogP contribution in [0.2, 0.25) is 0 Å². The molecule has 1 aromatic heterocycles. The van der Waals surface area contributed by atoms with E-state index in [4.69, 9.17) is 5.11 Å². The molecule has 1 rings (SSSR count). The van der Waals surface area contributed by atoms with Gasteiger partial charge in [-0.1, -0.05) is 6.42 Å². The van der Waals surface area contributed by atoms with Gasteiger partial charge in [-0.25, -0.2) is 0 Å². The first-order valence-electron chi connectivity index (χ1n) is 7.01. The highest BCUT2D eigenvalue weighted by Gasteiger charge is 2.17. The van der Waals surface area contributed by atoms with Gasteiger partial charge in [0.25, 0.3) is 5.91 Å². The van der Waals surface area contributed by atoms with E-state index in [9.17, 15) is 9.59 Å². The molecule has 20 heavy (non-hydrogen) atoms. The van der Waals surface area contributed by atoms with Crippen molar-refractivity contribution in [2.45, 2.75) is 53.0 Å². The van der Waals surface area contributed by atoms with Crippen LogP contribution in [-0.2, 0) is 11.3 Å². The van der Waals surface area contributed by atoms with Gasteiger partial charge in [0.15, 0.2) is 0 Å². The number of aromatic nitrogens is 2. The highest BCUT2D eigenvalue weighted by molar-refractivity contribution is 5.96. The number of aliphatic carboxylic acids is 1. The molecule has 0 saturated carbocycles. The quantitative estimate of drug-likeness (QED) is 0.713. The number of unbranched alkanes of at least 4 members (excludes halogenated alkanes) is 2. The normalized spacial score (nSPS) is 10.6. The van der Waals surface area contributed by atoms with E-state index in [0.717, 1.165) is 30.8 Å². The molecule has 0 saturated heterocycles. The first-order chi connectivity index (χ1) is 9.47. The Kier molecular flexibility index (Phi) is 6.21. The fraction of sp³-hybridized carbons (Fsp3) is 0.643. The Bertz CT molecular complexity index is 480. The molecular weight excluding hydrogens is 258 g/mol. The molecule has 0 radical (unpaired) electrons. The van der Waals surface area contributed by atoms with Crippen LogP contribution in [0.15, 0.2) is 0 Å². The maximum Gasteiger partial charge on any atom is 0.303 e. The predicted molar refractivity (Wildman–Crippen MR) is 75.8 cm³/mol. The van der Waals surface area contributed by atoms with Crippen LogP contribution < -0.4 is 5.32 Å². The molecule has 0 unspecified atom stereocenters. The van der Waals surface area contributed by atoms with Crippen LogP contribution >= 0.6 is 0 Å². The second kappa shape index (κ2) is 7.67. The first-order valence-corrected chi connectivity index (χ1v) is 7.01. The van der Waals surface area contributed by atoms with Crippen molar-refractivity contribution in [1.82, 2.24) is 15.1 Å². The number of nitrogens with one attached hydrogen (secondary N) is 1. The smallest absolute Gasteiger partial charge is 0.303 e. The van der Waals surface area contributed by atoms with E-state index >= 15 is 0 Å². The van der Waals surface area contributed by atoms with Crippen LogP contribution in [-0.4, -0.2) is 33.3 Å². The summed E-state index contributed by atoms with van der Waals surface area (Å²) in [5.74, 6) is -0.870. The lowest BCUT2D eigenvalue weighted by Crippen LogP contribution is -2.25. The number of nitrogens with zero attached hydrogens (tertiary/aromatic N) is 2. The molecule has 0 atom stereocenters. The number of rotatable bonds is 8. The molecule has 0 bridgehead atoms. The minimum Gasteiger partial charge on any atom is -0.481 e. The molecular formula is C14H23N3O3. The summed E-state index contributed by atoms with van der Waals surface area (Å²) >= 11 is 0. The van der Waals surface area contributed by atoms with Gasteiger partial charge in [0, 0.05) is 25.2 Å². The summed E-state index contributed by atoms with van der Waals surface area (Å²) in [6.45, 7) is 7.03. The molecule has 1 aromatic rings. The fourth-order valence-electron chi connectivity index (χ4n) is 2.20. The van der Waals surface area contributed by atoms with E-state index in [1.54, 1.807) is 0 Å². The summed E-state index contributed by atoms with van der Waals surface area (Å²) in [5.41, 5.74) is 2.28. The minimum atomic E-state index is -0.771. The van der Waals surface area contributed by atoms with Gasteiger partial charge in [0.05, 0.1) is 11.3 Å². The number of carbonyl (C=O) groups excluding carboxylic acids is 1. The summed E-state index contributed by atoms with van der Waals surface area (Å²) in [4.78, 5) is 22.4. The second-order valence-corrected chi connectivity index (χ2v) is 4.82. The molecule has 0 aliphatic carbocycles. The minimum absolute atomic E-state index is 0.0991. The monoisotopic (exact) mass is 281 g/mol. The van der Waals surface area contributed by atoms with Gasteiger partial charge in [-0.3, -0.25) is 14.3 Å². The van der Waals surface area contributed by atoms with Crippen molar-refractivity contribution in [3.05, 3.63) is 17.0 Å². The molecule has 2 N–H and O–H groups in total. The van der Waals surface area contributed by atoms with Crippen LogP contribution in [0.4, 0.5) is 0 Å². The van der Waals surface area contributed by atoms with Gasteiger partial charge in [0.1, 0.15) is 0 Å². The standard InChI is InChI=1S/C14H23N3O3/c1-4-17-11(3)13(10(2)16-17)14(20)15-9-7-5-6-8-12(18)19/h4-9H2,1-3H3,(H,15,20)(H,18,19). The molecule has 0 aliphatic heterocycles. The van der Waals surface area contributed by atoms with Gasteiger partial charge < -0.3 is 10.4 Å². The lowest BCUT2D eigenvalue weighted by molar-refractivity contribution is -0.137. The van der Waals surface area contributed by atoms with E-state index in [-0.39, 0.29) is 12.3 Å². The molecule has 0 fully saturated rings.